The summed E-state index contributed by atoms with van der Waals surface area (Å²) in [6.07, 6.45) is 0. The van der Waals surface area contributed by atoms with Crippen molar-refractivity contribution in [1.82, 2.24) is 4.31 Å². The van der Waals surface area contributed by atoms with Crippen molar-refractivity contribution in [1.29, 1.82) is 0 Å². The molecule has 0 amide bonds. The molecule has 1 N–H and O–H groups in total. The standard InChI is InChI=1S/C15H16ClNO3S/c1-11(14-5-3-4-6-15(14)18)17(2)21(19,20)13-9-7-12(16)8-10-13/h3-11,18H,1-2H3. The molecule has 21 heavy (non-hydrogen) atoms. The van der Waals surface area contributed by atoms with Crippen LogP contribution in [0.15, 0.2) is 53.4 Å². The second kappa shape index (κ2) is 6.05. The molecule has 6 heteroatoms. The Labute approximate surface area is 129 Å². The Morgan fingerprint density at radius 2 is 1.67 bits per heavy atom. The number of hydrogen-bond donors (Lipinski definition) is 1. The van der Waals surface area contributed by atoms with Crippen molar-refractivity contribution in [3.63, 3.8) is 0 Å². The number of phenolic OH excluding ortho intramolecular Hbond substituents is 1. The zero-order valence-electron chi connectivity index (χ0n) is 11.7. The lowest BCUT2D eigenvalue weighted by Crippen LogP contribution is -2.29. The molecule has 0 aromatic heterocycles. The molecular weight excluding hydrogens is 310 g/mol. The van der Waals surface area contributed by atoms with Crippen LogP contribution in [0, 0.1) is 0 Å². The van der Waals surface area contributed by atoms with Crippen LogP contribution >= 0.6 is 11.6 Å². The molecule has 2 rings (SSSR count). The van der Waals surface area contributed by atoms with Gasteiger partial charge in [0.05, 0.1) is 10.9 Å². The molecule has 112 valence electrons. The van der Waals surface area contributed by atoms with Crippen LogP contribution in [0.4, 0.5) is 0 Å². The summed E-state index contributed by atoms with van der Waals surface area (Å²) in [4.78, 5) is 0.164. The molecule has 0 saturated heterocycles. The van der Waals surface area contributed by atoms with Gasteiger partial charge in [-0.3, -0.25) is 0 Å². The normalized spacial score (nSPS) is 13.3. The highest BCUT2D eigenvalue weighted by Gasteiger charge is 2.27. The highest BCUT2D eigenvalue weighted by atomic mass is 35.5. The van der Waals surface area contributed by atoms with E-state index in [9.17, 15) is 13.5 Å². The summed E-state index contributed by atoms with van der Waals surface area (Å²) in [7, 11) is -2.17. The Morgan fingerprint density at radius 3 is 2.24 bits per heavy atom. The molecule has 0 aliphatic rings. The maximum atomic E-state index is 12.6. The first-order valence-corrected chi connectivity index (χ1v) is 8.17. The van der Waals surface area contributed by atoms with Gasteiger partial charge in [-0.15, -0.1) is 0 Å². The van der Waals surface area contributed by atoms with E-state index < -0.39 is 16.1 Å². The van der Waals surface area contributed by atoms with E-state index in [1.165, 1.54) is 41.7 Å². The first-order chi connectivity index (χ1) is 9.84. The number of benzene rings is 2. The summed E-state index contributed by atoms with van der Waals surface area (Å²) < 4.78 is 26.4. The fraction of sp³-hybridized carbons (Fsp3) is 0.200. The molecule has 1 atom stereocenters. The lowest BCUT2D eigenvalue weighted by molar-refractivity contribution is 0.381. The van der Waals surface area contributed by atoms with Crippen LogP contribution in [0.25, 0.3) is 0 Å². The number of aromatic hydroxyl groups is 1. The summed E-state index contributed by atoms with van der Waals surface area (Å²) in [5.74, 6) is 0.0724. The van der Waals surface area contributed by atoms with Gasteiger partial charge in [0.25, 0.3) is 0 Å². The van der Waals surface area contributed by atoms with Crippen molar-refractivity contribution in [2.75, 3.05) is 7.05 Å². The van der Waals surface area contributed by atoms with Crippen LogP contribution in [0.3, 0.4) is 0 Å². The summed E-state index contributed by atoms with van der Waals surface area (Å²) in [5, 5.41) is 10.3. The summed E-state index contributed by atoms with van der Waals surface area (Å²) in [6.45, 7) is 1.72. The molecule has 0 spiro atoms. The van der Waals surface area contributed by atoms with Gasteiger partial charge in [-0.2, -0.15) is 4.31 Å². The van der Waals surface area contributed by atoms with Crippen LogP contribution in [0.5, 0.6) is 5.75 Å². The Hall–Kier alpha value is -1.56. The van der Waals surface area contributed by atoms with E-state index in [4.69, 9.17) is 11.6 Å². The lowest BCUT2D eigenvalue weighted by Gasteiger charge is -2.25. The van der Waals surface area contributed by atoms with E-state index in [1.54, 1.807) is 25.1 Å². The number of halogens is 1. The minimum absolute atomic E-state index is 0.0724. The average Bonchev–Trinajstić information content (AvgIpc) is 2.46. The molecule has 0 saturated carbocycles. The third-order valence-corrected chi connectivity index (χ3v) is 5.62. The van der Waals surface area contributed by atoms with Crippen molar-refractivity contribution in [3.8, 4) is 5.75 Å². The van der Waals surface area contributed by atoms with Gasteiger partial charge in [0.1, 0.15) is 5.75 Å². The Morgan fingerprint density at radius 1 is 1.10 bits per heavy atom. The molecule has 0 radical (unpaired) electrons. The molecule has 0 aliphatic carbocycles. The van der Waals surface area contributed by atoms with Gasteiger partial charge in [0, 0.05) is 17.6 Å². The minimum Gasteiger partial charge on any atom is -0.508 e. The molecule has 0 fully saturated rings. The Bertz CT molecular complexity index is 729. The van der Waals surface area contributed by atoms with Crippen molar-refractivity contribution >= 4 is 21.6 Å². The zero-order chi connectivity index (χ0) is 15.6. The van der Waals surface area contributed by atoms with Crippen molar-refractivity contribution < 1.29 is 13.5 Å². The van der Waals surface area contributed by atoms with E-state index >= 15 is 0 Å². The average molecular weight is 326 g/mol. The van der Waals surface area contributed by atoms with Crippen molar-refractivity contribution in [2.45, 2.75) is 17.9 Å². The van der Waals surface area contributed by atoms with Crippen LogP contribution in [-0.4, -0.2) is 24.9 Å². The third-order valence-electron chi connectivity index (χ3n) is 3.42. The largest absolute Gasteiger partial charge is 0.508 e. The molecule has 2 aromatic rings. The van der Waals surface area contributed by atoms with Gasteiger partial charge in [-0.25, -0.2) is 8.42 Å². The van der Waals surface area contributed by atoms with E-state index in [0.29, 0.717) is 10.6 Å². The third kappa shape index (κ3) is 3.20. The predicted octanol–water partition coefficient (Wildman–Crippen LogP) is 3.43. The number of nitrogens with zero attached hydrogens (tertiary/aromatic N) is 1. The van der Waals surface area contributed by atoms with Gasteiger partial charge in [-0.1, -0.05) is 29.8 Å². The quantitative estimate of drug-likeness (QED) is 0.937. The van der Waals surface area contributed by atoms with Gasteiger partial charge < -0.3 is 5.11 Å². The number of sulfonamides is 1. The Balaban J connectivity index is 2.36. The van der Waals surface area contributed by atoms with Crippen LogP contribution in [-0.2, 0) is 10.0 Å². The van der Waals surface area contributed by atoms with Gasteiger partial charge >= 0.3 is 0 Å². The van der Waals surface area contributed by atoms with Crippen LogP contribution in [0.1, 0.15) is 18.5 Å². The van der Waals surface area contributed by atoms with Crippen molar-refractivity contribution in [2.24, 2.45) is 0 Å². The fourth-order valence-electron chi connectivity index (χ4n) is 2.02. The zero-order valence-corrected chi connectivity index (χ0v) is 13.3. The summed E-state index contributed by atoms with van der Waals surface area (Å²) in [5.41, 5.74) is 0.553. The maximum absolute atomic E-state index is 12.6. The molecule has 0 heterocycles. The first-order valence-electron chi connectivity index (χ1n) is 6.35. The number of rotatable bonds is 4. The monoisotopic (exact) mass is 325 g/mol. The molecule has 1 unspecified atom stereocenters. The number of para-hydroxylation sites is 1. The van der Waals surface area contributed by atoms with Gasteiger partial charge in [0.2, 0.25) is 10.0 Å². The predicted molar refractivity (Wildman–Crippen MR) is 82.9 cm³/mol. The second-order valence-corrected chi connectivity index (χ2v) is 7.14. The molecule has 0 bridgehead atoms. The van der Waals surface area contributed by atoms with E-state index in [-0.39, 0.29) is 10.6 Å². The highest BCUT2D eigenvalue weighted by Crippen LogP contribution is 2.31. The molecular formula is C15H16ClNO3S. The summed E-state index contributed by atoms with van der Waals surface area (Å²) in [6, 6.07) is 12.2. The number of phenols is 1. The van der Waals surface area contributed by atoms with Crippen LogP contribution in [0.2, 0.25) is 5.02 Å². The SMILES string of the molecule is CC(c1ccccc1O)N(C)S(=O)(=O)c1ccc(Cl)cc1. The van der Waals surface area contributed by atoms with Gasteiger partial charge in [0.15, 0.2) is 0 Å². The molecule has 4 nitrogen and oxygen atoms in total. The van der Waals surface area contributed by atoms with E-state index in [0.717, 1.165) is 0 Å². The van der Waals surface area contributed by atoms with Crippen LogP contribution < -0.4 is 0 Å². The number of hydrogen-bond acceptors (Lipinski definition) is 3. The maximum Gasteiger partial charge on any atom is 0.243 e. The summed E-state index contributed by atoms with van der Waals surface area (Å²) >= 11 is 5.78. The Kier molecular flexibility index (Phi) is 4.56. The van der Waals surface area contributed by atoms with Crippen molar-refractivity contribution in [3.05, 3.63) is 59.1 Å². The first kappa shape index (κ1) is 15.8. The molecule has 0 aliphatic heterocycles. The topological polar surface area (TPSA) is 57.6 Å². The van der Waals surface area contributed by atoms with E-state index in [2.05, 4.69) is 0 Å². The van der Waals surface area contributed by atoms with Gasteiger partial charge in [-0.05, 0) is 37.3 Å². The minimum atomic E-state index is -3.66. The second-order valence-electron chi connectivity index (χ2n) is 4.71. The smallest absolute Gasteiger partial charge is 0.243 e. The fourth-order valence-corrected chi connectivity index (χ4v) is 3.49. The lowest BCUT2D eigenvalue weighted by atomic mass is 10.1. The molecule has 2 aromatic carbocycles. The highest BCUT2D eigenvalue weighted by molar-refractivity contribution is 7.89. The van der Waals surface area contributed by atoms with E-state index in [1.807, 2.05) is 0 Å².